The van der Waals surface area contributed by atoms with Crippen molar-refractivity contribution in [2.45, 2.75) is 46.6 Å². The van der Waals surface area contributed by atoms with Crippen molar-refractivity contribution in [2.24, 2.45) is 0 Å². The van der Waals surface area contributed by atoms with E-state index in [0.717, 1.165) is 9.78 Å². The number of likely N-dealkylation sites (N-methyl/N-ethyl adjacent to an activating group) is 1. The number of quaternary nitrogens is 1. The van der Waals surface area contributed by atoms with Gasteiger partial charge in [0.1, 0.15) is 5.00 Å². The molecule has 0 radical (unpaired) electrons. The average Bonchev–Trinajstić information content (AvgIpc) is 2.90. The molecule has 1 aromatic heterocycles. The van der Waals surface area contributed by atoms with Crippen LogP contribution in [0.2, 0.25) is 0 Å². The van der Waals surface area contributed by atoms with E-state index in [1.807, 2.05) is 27.7 Å². The summed E-state index contributed by atoms with van der Waals surface area (Å²) < 4.78 is 5.07. The number of ether oxygens (including phenoxy) is 1. The topological polar surface area (TPSA) is 88.9 Å². The molecule has 1 unspecified atom stereocenters. The number of rotatable bonds is 9. The van der Waals surface area contributed by atoms with E-state index in [1.165, 1.54) is 11.3 Å². The molecular weight excluding hydrogens is 354 g/mol. The minimum Gasteiger partial charge on any atom is -0.462 e. The van der Waals surface area contributed by atoms with Gasteiger partial charge in [-0.15, -0.1) is 11.3 Å². The Morgan fingerprint density at radius 1 is 1.15 bits per heavy atom. The molecule has 1 rings (SSSR count). The van der Waals surface area contributed by atoms with Crippen LogP contribution in [0.5, 0.6) is 0 Å². The first-order valence-electron chi connectivity index (χ1n) is 8.85. The van der Waals surface area contributed by atoms with Gasteiger partial charge in [0.25, 0.3) is 11.8 Å². The normalized spacial score (nSPS) is 12.2. The van der Waals surface area contributed by atoms with Gasteiger partial charge < -0.3 is 20.3 Å². The molecule has 0 fully saturated rings. The zero-order valence-corrected chi connectivity index (χ0v) is 17.2. The third-order valence-corrected chi connectivity index (χ3v) is 4.79. The molecule has 1 atom stereocenters. The summed E-state index contributed by atoms with van der Waals surface area (Å²) in [7, 11) is 1.78. The molecule has 3 N–H and O–H groups in total. The number of nitrogens with one attached hydrogen (secondary N) is 3. The monoisotopic (exact) mass is 384 g/mol. The van der Waals surface area contributed by atoms with Crippen molar-refractivity contribution in [3.8, 4) is 0 Å². The lowest BCUT2D eigenvalue weighted by molar-refractivity contribution is -0.862. The number of esters is 1. The SMILES string of the molecule is CCOC(=O)c1cc(C(C)C)sc1NC(=O)C[NH+](C)CC(=O)NC(C)C. The highest BCUT2D eigenvalue weighted by atomic mass is 32.1. The van der Waals surface area contributed by atoms with Crippen LogP contribution in [0, 0.1) is 0 Å². The van der Waals surface area contributed by atoms with Crippen LogP contribution >= 0.6 is 11.3 Å². The van der Waals surface area contributed by atoms with E-state index in [0.29, 0.717) is 10.6 Å². The Balaban J connectivity index is 2.75. The first-order valence-corrected chi connectivity index (χ1v) is 9.67. The summed E-state index contributed by atoms with van der Waals surface area (Å²) in [6.07, 6.45) is 0. The molecule has 0 saturated heterocycles. The highest BCUT2D eigenvalue weighted by molar-refractivity contribution is 7.16. The molecule has 0 aliphatic rings. The second kappa shape index (κ2) is 10.3. The number of carbonyl (C=O) groups is 3. The first-order chi connectivity index (χ1) is 12.1. The van der Waals surface area contributed by atoms with Gasteiger partial charge in [0.05, 0.1) is 19.2 Å². The third kappa shape index (κ3) is 7.13. The summed E-state index contributed by atoms with van der Waals surface area (Å²) in [5, 5.41) is 6.09. The number of hydrogen-bond donors (Lipinski definition) is 3. The highest BCUT2D eigenvalue weighted by Crippen LogP contribution is 2.33. The second-order valence-electron chi connectivity index (χ2n) is 6.85. The molecule has 1 aromatic rings. The van der Waals surface area contributed by atoms with Gasteiger partial charge in [0.2, 0.25) is 0 Å². The molecule has 0 aliphatic carbocycles. The van der Waals surface area contributed by atoms with Crippen molar-refractivity contribution in [2.75, 3.05) is 32.1 Å². The molecule has 2 amide bonds. The lowest BCUT2D eigenvalue weighted by Crippen LogP contribution is -3.11. The fraction of sp³-hybridized carbons (Fsp3) is 0.611. The van der Waals surface area contributed by atoms with E-state index >= 15 is 0 Å². The van der Waals surface area contributed by atoms with Gasteiger partial charge in [0.15, 0.2) is 13.1 Å². The van der Waals surface area contributed by atoms with Crippen LogP contribution in [0.4, 0.5) is 5.00 Å². The van der Waals surface area contributed by atoms with Crippen LogP contribution in [-0.2, 0) is 14.3 Å². The fourth-order valence-corrected chi connectivity index (χ4v) is 3.37. The molecule has 8 heteroatoms. The smallest absolute Gasteiger partial charge is 0.341 e. The Morgan fingerprint density at radius 3 is 2.31 bits per heavy atom. The van der Waals surface area contributed by atoms with Gasteiger partial charge in [0, 0.05) is 10.9 Å². The fourth-order valence-electron chi connectivity index (χ4n) is 2.30. The molecular formula is C18H30N3O4S+. The summed E-state index contributed by atoms with van der Waals surface area (Å²) in [6, 6.07) is 1.84. The molecule has 0 spiro atoms. The third-order valence-electron chi connectivity index (χ3n) is 3.44. The molecule has 26 heavy (non-hydrogen) atoms. The molecule has 0 saturated carbocycles. The minimum atomic E-state index is -0.442. The van der Waals surface area contributed by atoms with E-state index < -0.39 is 5.97 Å². The maximum absolute atomic E-state index is 12.3. The number of thiophene rings is 1. The molecule has 0 aliphatic heterocycles. The Labute approximate surface area is 159 Å². The van der Waals surface area contributed by atoms with Gasteiger partial charge in [-0.1, -0.05) is 13.8 Å². The van der Waals surface area contributed by atoms with Crippen molar-refractivity contribution >= 4 is 34.1 Å². The van der Waals surface area contributed by atoms with Gasteiger partial charge >= 0.3 is 5.97 Å². The van der Waals surface area contributed by atoms with Crippen LogP contribution in [-0.4, -0.2) is 50.6 Å². The van der Waals surface area contributed by atoms with Crippen molar-refractivity contribution in [3.05, 3.63) is 16.5 Å². The zero-order valence-electron chi connectivity index (χ0n) is 16.4. The van der Waals surface area contributed by atoms with Crippen molar-refractivity contribution < 1.29 is 24.0 Å². The quantitative estimate of drug-likeness (QED) is 0.555. The van der Waals surface area contributed by atoms with Crippen LogP contribution in [0.3, 0.4) is 0 Å². The molecule has 146 valence electrons. The summed E-state index contributed by atoms with van der Waals surface area (Å²) in [4.78, 5) is 38.0. The summed E-state index contributed by atoms with van der Waals surface area (Å²) in [6.45, 7) is 10.2. The largest absolute Gasteiger partial charge is 0.462 e. The molecule has 1 heterocycles. The predicted octanol–water partition coefficient (Wildman–Crippen LogP) is 1.03. The van der Waals surface area contributed by atoms with Crippen molar-refractivity contribution in [3.63, 3.8) is 0 Å². The van der Waals surface area contributed by atoms with Gasteiger partial charge in [-0.3, -0.25) is 9.59 Å². The summed E-state index contributed by atoms with van der Waals surface area (Å²) in [5.41, 5.74) is 0.379. The van der Waals surface area contributed by atoms with E-state index in [4.69, 9.17) is 4.74 Å². The summed E-state index contributed by atoms with van der Waals surface area (Å²) >= 11 is 1.38. The predicted molar refractivity (Wildman–Crippen MR) is 103 cm³/mol. The van der Waals surface area contributed by atoms with Crippen molar-refractivity contribution in [1.82, 2.24) is 5.32 Å². The molecule has 7 nitrogen and oxygen atoms in total. The van der Waals surface area contributed by atoms with Crippen LogP contribution < -0.4 is 15.5 Å². The highest BCUT2D eigenvalue weighted by Gasteiger charge is 2.22. The Bertz CT molecular complexity index is 640. The van der Waals surface area contributed by atoms with E-state index in [9.17, 15) is 14.4 Å². The van der Waals surface area contributed by atoms with Crippen LogP contribution in [0.1, 0.15) is 55.8 Å². The number of amides is 2. The second-order valence-corrected chi connectivity index (χ2v) is 7.93. The van der Waals surface area contributed by atoms with Gasteiger partial charge in [-0.2, -0.15) is 0 Å². The zero-order chi connectivity index (χ0) is 19.9. The van der Waals surface area contributed by atoms with Crippen molar-refractivity contribution in [1.29, 1.82) is 0 Å². The summed E-state index contributed by atoms with van der Waals surface area (Å²) in [5.74, 6) is -0.548. The lowest BCUT2D eigenvalue weighted by atomic mass is 10.1. The van der Waals surface area contributed by atoms with E-state index in [2.05, 4.69) is 10.6 Å². The molecule has 0 aromatic carbocycles. The van der Waals surface area contributed by atoms with E-state index in [-0.39, 0.29) is 43.5 Å². The minimum absolute atomic E-state index is 0.0665. The lowest BCUT2D eigenvalue weighted by Gasteiger charge is -2.14. The maximum Gasteiger partial charge on any atom is 0.341 e. The standard InChI is InChI=1S/C18H29N3O4S/c1-7-25-18(24)13-8-14(11(2)3)26-17(13)20-16(23)10-21(6)9-15(22)19-12(4)5/h8,11-12H,7,9-10H2,1-6H3,(H,19,22)(H,20,23)/p+1. The van der Waals surface area contributed by atoms with Crippen LogP contribution in [0.15, 0.2) is 6.07 Å². The van der Waals surface area contributed by atoms with E-state index in [1.54, 1.807) is 20.0 Å². The number of carbonyl (C=O) groups excluding carboxylic acids is 3. The number of anilines is 1. The Hall–Kier alpha value is -1.93. The first kappa shape index (κ1) is 22.1. The Kier molecular flexibility index (Phi) is 8.74. The van der Waals surface area contributed by atoms with Crippen LogP contribution in [0.25, 0.3) is 0 Å². The van der Waals surface area contributed by atoms with Gasteiger partial charge in [-0.25, -0.2) is 4.79 Å². The molecule has 0 bridgehead atoms. The average molecular weight is 385 g/mol. The van der Waals surface area contributed by atoms with Gasteiger partial charge in [-0.05, 0) is 32.8 Å². The number of hydrogen-bond acceptors (Lipinski definition) is 5. The maximum atomic E-state index is 12.3. The Morgan fingerprint density at radius 2 is 1.77 bits per heavy atom.